The second-order valence-corrected chi connectivity index (χ2v) is 5.03. The van der Waals surface area contributed by atoms with Crippen molar-refractivity contribution in [1.82, 2.24) is 14.9 Å². The van der Waals surface area contributed by atoms with Gasteiger partial charge in [-0.25, -0.2) is 4.98 Å². The fraction of sp³-hybridized carbons (Fsp3) is 0.438. The molecule has 0 atom stereocenters. The highest BCUT2D eigenvalue weighted by Crippen LogP contribution is 2.10. The van der Waals surface area contributed by atoms with Crippen LogP contribution in [0.5, 0.6) is 0 Å². The van der Waals surface area contributed by atoms with Crippen LogP contribution >= 0.6 is 0 Å². The van der Waals surface area contributed by atoms with Gasteiger partial charge in [0.25, 0.3) is 0 Å². The van der Waals surface area contributed by atoms with Crippen LogP contribution in [0.1, 0.15) is 12.2 Å². The number of hydrogen-bond acceptors (Lipinski definition) is 3. The highest BCUT2D eigenvalue weighted by atomic mass is 15.1. The van der Waals surface area contributed by atoms with Gasteiger partial charge in [0.2, 0.25) is 0 Å². The number of nitrogens with one attached hydrogen (secondary N) is 1. The predicted octanol–water partition coefficient (Wildman–Crippen LogP) is 2.31. The smallest absolute Gasteiger partial charge is 0.105 e. The van der Waals surface area contributed by atoms with Crippen LogP contribution in [-0.2, 0) is 6.54 Å². The molecule has 0 radical (unpaired) electrons. The fourth-order valence-electron chi connectivity index (χ4n) is 2.22. The van der Waals surface area contributed by atoms with E-state index in [9.17, 15) is 0 Å². The van der Waals surface area contributed by atoms with Crippen LogP contribution < -0.4 is 10.2 Å². The Morgan fingerprint density at radius 1 is 1.20 bits per heavy atom. The largest absolute Gasteiger partial charge is 0.375 e. The highest BCUT2D eigenvalue weighted by molar-refractivity contribution is 5.44. The van der Waals surface area contributed by atoms with Crippen LogP contribution in [0.15, 0.2) is 42.7 Å². The summed E-state index contributed by atoms with van der Waals surface area (Å²) in [5.74, 6) is 1.08. The maximum absolute atomic E-state index is 4.22. The van der Waals surface area contributed by atoms with Crippen molar-refractivity contribution in [3.8, 4) is 0 Å². The van der Waals surface area contributed by atoms with Crippen LogP contribution in [0.25, 0.3) is 0 Å². The van der Waals surface area contributed by atoms with Crippen molar-refractivity contribution in [1.29, 1.82) is 0 Å². The number of benzene rings is 1. The quantitative estimate of drug-likeness (QED) is 0.749. The molecule has 4 heteroatoms. The first kappa shape index (κ1) is 14.6. The Labute approximate surface area is 121 Å². The molecule has 2 rings (SSSR count). The molecule has 0 fully saturated rings. The first-order valence-corrected chi connectivity index (χ1v) is 7.22. The van der Waals surface area contributed by atoms with E-state index >= 15 is 0 Å². The Bertz CT molecular complexity index is 492. The maximum atomic E-state index is 4.22. The first-order chi connectivity index (χ1) is 9.77. The van der Waals surface area contributed by atoms with Crippen LogP contribution in [0.4, 0.5) is 5.69 Å². The van der Waals surface area contributed by atoms with E-state index in [0.717, 1.165) is 38.4 Å². The van der Waals surface area contributed by atoms with Crippen molar-refractivity contribution in [3.63, 3.8) is 0 Å². The van der Waals surface area contributed by atoms with Crippen LogP contribution in [0, 0.1) is 6.92 Å². The monoisotopic (exact) mass is 272 g/mol. The zero-order chi connectivity index (χ0) is 14.2. The van der Waals surface area contributed by atoms with E-state index in [2.05, 4.69) is 57.1 Å². The normalized spacial score (nSPS) is 10.7. The molecule has 0 saturated heterocycles. The van der Waals surface area contributed by atoms with E-state index in [0.29, 0.717) is 0 Å². The summed E-state index contributed by atoms with van der Waals surface area (Å²) >= 11 is 0. The number of aromatic nitrogens is 2. The summed E-state index contributed by atoms with van der Waals surface area (Å²) in [5.41, 5.74) is 1.28. The summed E-state index contributed by atoms with van der Waals surface area (Å²) in [4.78, 5) is 6.51. The van der Waals surface area contributed by atoms with Gasteiger partial charge in [-0.05, 0) is 32.0 Å². The lowest BCUT2D eigenvalue weighted by Crippen LogP contribution is -2.26. The van der Waals surface area contributed by atoms with E-state index < -0.39 is 0 Å². The molecular formula is C16H24N4. The Hall–Kier alpha value is -1.81. The van der Waals surface area contributed by atoms with Gasteiger partial charge in [0.1, 0.15) is 5.82 Å². The molecule has 0 aliphatic rings. The van der Waals surface area contributed by atoms with Gasteiger partial charge in [0, 0.05) is 44.8 Å². The molecule has 0 aliphatic heterocycles. The van der Waals surface area contributed by atoms with Crippen molar-refractivity contribution in [2.75, 3.05) is 31.6 Å². The zero-order valence-corrected chi connectivity index (χ0v) is 12.4. The lowest BCUT2D eigenvalue weighted by Gasteiger charge is -2.19. The Morgan fingerprint density at radius 2 is 2.00 bits per heavy atom. The summed E-state index contributed by atoms with van der Waals surface area (Å²) in [5, 5.41) is 3.48. The van der Waals surface area contributed by atoms with Gasteiger partial charge in [-0.15, -0.1) is 0 Å². The molecule has 20 heavy (non-hydrogen) atoms. The minimum absolute atomic E-state index is 0.986. The van der Waals surface area contributed by atoms with E-state index in [1.807, 2.05) is 19.3 Å². The standard InChI is InChI=1S/C16H24N4/c1-15-18-11-14-20(15)13-10-17-9-6-12-19(2)16-7-4-3-5-8-16/h3-5,7-8,11,14,17H,6,9-10,12-13H2,1-2H3. The Balaban J connectivity index is 1.57. The topological polar surface area (TPSA) is 33.1 Å². The SMILES string of the molecule is Cc1nccn1CCNCCCN(C)c1ccccc1. The molecule has 0 aliphatic carbocycles. The summed E-state index contributed by atoms with van der Waals surface area (Å²) in [6, 6.07) is 10.5. The number of nitrogens with zero attached hydrogens (tertiary/aromatic N) is 3. The average molecular weight is 272 g/mol. The second kappa shape index (κ2) is 7.70. The number of rotatable bonds is 8. The molecule has 1 aromatic heterocycles. The van der Waals surface area contributed by atoms with Crippen molar-refractivity contribution in [2.45, 2.75) is 19.9 Å². The van der Waals surface area contributed by atoms with Crippen molar-refractivity contribution in [2.24, 2.45) is 0 Å². The van der Waals surface area contributed by atoms with Crippen molar-refractivity contribution < 1.29 is 0 Å². The third kappa shape index (κ3) is 4.38. The minimum Gasteiger partial charge on any atom is -0.375 e. The first-order valence-electron chi connectivity index (χ1n) is 7.22. The molecule has 1 heterocycles. The summed E-state index contributed by atoms with van der Waals surface area (Å²) in [6.07, 6.45) is 5.03. The molecule has 108 valence electrons. The summed E-state index contributed by atoms with van der Waals surface area (Å²) in [6.45, 7) is 6.13. The molecule has 1 N–H and O–H groups in total. The lowest BCUT2D eigenvalue weighted by molar-refractivity contribution is 0.575. The third-order valence-corrected chi connectivity index (χ3v) is 3.50. The number of anilines is 1. The minimum atomic E-state index is 0.986. The number of imidazole rings is 1. The van der Waals surface area contributed by atoms with Crippen LogP contribution in [0.2, 0.25) is 0 Å². The maximum Gasteiger partial charge on any atom is 0.105 e. The van der Waals surface area contributed by atoms with E-state index in [1.165, 1.54) is 5.69 Å². The second-order valence-electron chi connectivity index (χ2n) is 5.03. The average Bonchev–Trinajstić information content (AvgIpc) is 2.89. The van der Waals surface area contributed by atoms with Crippen LogP contribution in [0.3, 0.4) is 0 Å². The zero-order valence-electron chi connectivity index (χ0n) is 12.4. The van der Waals surface area contributed by atoms with Gasteiger partial charge in [-0.2, -0.15) is 0 Å². The molecule has 0 spiro atoms. The lowest BCUT2D eigenvalue weighted by atomic mass is 10.3. The predicted molar refractivity (Wildman–Crippen MR) is 84.2 cm³/mol. The number of aryl methyl sites for hydroxylation is 1. The molecule has 0 unspecified atom stereocenters. The Kier molecular flexibility index (Phi) is 5.62. The van der Waals surface area contributed by atoms with Crippen LogP contribution in [-0.4, -0.2) is 36.2 Å². The number of para-hydroxylation sites is 1. The molecular weight excluding hydrogens is 248 g/mol. The Morgan fingerprint density at radius 3 is 2.70 bits per heavy atom. The molecule has 0 amide bonds. The van der Waals surface area contributed by atoms with E-state index in [1.54, 1.807) is 0 Å². The third-order valence-electron chi connectivity index (χ3n) is 3.50. The van der Waals surface area contributed by atoms with Crippen molar-refractivity contribution >= 4 is 5.69 Å². The highest BCUT2D eigenvalue weighted by Gasteiger charge is 1.99. The van der Waals surface area contributed by atoms with Gasteiger partial charge >= 0.3 is 0 Å². The van der Waals surface area contributed by atoms with Gasteiger partial charge in [-0.1, -0.05) is 18.2 Å². The van der Waals surface area contributed by atoms with E-state index in [4.69, 9.17) is 0 Å². The van der Waals surface area contributed by atoms with E-state index in [-0.39, 0.29) is 0 Å². The molecule has 0 bridgehead atoms. The summed E-state index contributed by atoms with van der Waals surface area (Å²) < 4.78 is 2.17. The van der Waals surface area contributed by atoms with Gasteiger partial charge < -0.3 is 14.8 Å². The summed E-state index contributed by atoms with van der Waals surface area (Å²) in [7, 11) is 2.14. The van der Waals surface area contributed by atoms with Gasteiger partial charge in [0.15, 0.2) is 0 Å². The molecule has 0 saturated carbocycles. The van der Waals surface area contributed by atoms with Crippen molar-refractivity contribution in [3.05, 3.63) is 48.5 Å². The fourth-order valence-corrected chi connectivity index (χ4v) is 2.22. The molecule has 4 nitrogen and oxygen atoms in total. The molecule has 2 aromatic rings. The number of hydrogen-bond donors (Lipinski definition) is 1. The molecule has 1 aromatic carbocycles. The van der Waals surface area contributed by atoms with Gasteiger partial charge in [0.05, 0.1) is 0 Å². The van der Waals surface area contributed by atoms with Gasteiger partial charge in [-0.3, -0.25) is 0 Å².